The summed E-state index contributed by atoms with van der Waals surface area (Å²) in [5.74, 6) is 0.168. The van der Waals surface area contributed by atoms with Crippen LogP contribution in [-0.4, -0.2) is 30.4 Å². The molecule has 0 spiro atoms. The molecule has 0 aromatic carbocycles. The van der Waals surface area contributed by atoms with Crippen molar-refractivity contribution in [2.45, 2.75) is 51.5 Å². The molecular formula is C18H26N2OS. The van der Waals surface area contributed by atoms with Gasteiger partial charge in [-0.2, -0.15) is 0 Å². The lowest BCUT2D eigenvalue weighted by Crippen LogP contribution is -2.41. The highest BCUT2D eigenvalue weighted by Crippen LogP contribution is 2.32. The van der Waals surface area contributed by atoms with Gasteiger partial charge >= 0.3 is 0 Å². The van der Waals surface area contributed by atoms with Crippen molar-refractivity contribution < 1.29 is 4.79 Å². The second-order valence-electron chi connectivity index (χ2n) is 6.40. The van der Waals surface area contributed by atoms with E-state index >= 15 is 0 Å². The zero-order chi connectivity index (χ0) is 15.4. The number of allylic oxidation sites excluding steroid dienone is 1. The van der Waals surface area contributed by atoms with Gasteiger partial charge in [0.15, 0.2) is 0 Å². The van der Waals surface area contributed by atoms with Crippen molar-refractivity contribution in [3.05, 3.63) is 33.5 Å². The molecule has 1 aromatic heterocycles. The van der Waals surface area contributed by atoms with Gasteiger partial charge in [0.2, 0.25) is 5.91 Å². The number of carbonyl (C=O) groups is 1. The topological polar surface area (TPSA) is 32.3 Å². The molecule has 0 saturated heterocycles. The van der Waals surface area contributed by atoms with Crippen LogP contribution in [0.25, 0.3) is 0 Å². The lowest BCUT2D eigenvalue weighted by atomic mass is 9.97. The number of hydrogen-bond donors (Lipinski definition) is 1. The normalized spacial score (nSPS) is 22.0. The highest BCUT2D eigenvalue weighted by atomic mass is 32.1. The molecule has 1 aliphatic carbocycles. The predicted octanol–water partition coefficient (Wildman–Crippen LogP) is 3.67. The van der Waals surface area contributed by atoms with E-state index in [2.05, 4.69) is 34.7 Å². The Morgan fingerprint density at radius 1 is 1.41 bits per heavy atom. The molecule has 3 nitrogen and oxygen atoms in total. The third-order valence-corrected chi connectivity index (χ3v) is 5.90. The Morgan fingerprint density at radius 2 is 2.32 bits per heavy atom. The minimum Gasteiger partial charge on any atom is -0.355 e. The van der Waals surface area contributed by atoms with Crippen molar-refractivity contribution in [3.63, 3.8) is 0 Å². The van der Waals surface area contributed by atoms with Gasteiger partial charge in [-0.1, -0.05) is 11.6 Å². The second-order valence-corrected chi connectivity index (χ2v) is 7.40. The average Bonchev–Trinajstić information content (AvgIpc) is 3.01. The monoisotopic (exact) mass is 318 g/mol. The molecule has 3 rings (SSSR count). The average molecular weight is 318 g/mol. The van der Waals surface area contributed by atoms with E-state index in [0.717, 1.165) is 25.9 Å². The fourth-order valence-corrected chi connectivity index (χ4v) is 4.47. The highest BCUT2D eigenvalue weighted by molar-refractivity contribution is 7.10. The molecule has 1 aromatic rings. The molecule has 0 bridgehead atoms. The van der Waals surface area contributed by atoms with Gasteiger partial charge in [-0.15, -0.1) is 11.3 Å². The Bertz CT molecular complexity index is 549. The van der Waals surface area contributed by atoms with Gasteiger partial charge < -0.3 is 5.32 Å². The van der Waals surface area contributed by atoms with Crippen LogP contribution in [0.15, 0.2) is 23.1 Å². The Labute approximate surface area is 137 Å². The van der Waals surface area contributed by atoms with E-state index in [9.17, 15) is 4.79 Å². The van der Waals surface area contributed by atoms with Crippen LogP contribution < -0.4 is 5.32 Å². The Hall–Kier alpha value is -1.13. The third kappa shape index (κ3) is 3.79. The molecular weight excluding hydrogens is 292 g/mol. The Morgan fingerprint density at radius 3 is 3.14 bits per heavy atom. The minimum absolute atomic E-state index is 0.168. The summed E-state index contributed by atoms with van der Waals surface area (Å²) < 4.78 is 0. The van der Waals surface area contributed by atoms with Crippen molar-refractivity contribution in [2.24, 2.45) is 0 Å². The first-order valence-corrected chi connectivity index (χ1v) is 9.37. The fourth-order valence-electron chi connectivity index (χ4n) is 3.51. The lowest BCUT2D eigenvalue weighted by molar-refractivity contribution is -0.122. The number of nitrogens with zero attached hydrogens (tertiary/aromatic N) is 1. The van der Waals surface area contributed by atoms with Crippen LogP contribution in [0.1, 0.15) is 55.5 Å². The standard InChI is InChI=1S/C18H26N2OS/c1-14-16-9-12-22-17(16)8-11-20(14)13-18(21)19-10-7-15-5-3-2-4-6-15/h5,9,12,14H,2-4,6-8,10-11,13H2,1H3,(H,19,21)/t14-/m0/s1. The highest BCUT2D eigenvalue weighted by Gasteiger charge is 2.25. The summed E-state index contributed by atoms with van der Waals surface area (Å²) >= 11 is 1.85. The SMILES string of the molecule is C[C@H]1c2ccsc2CCN1CC(=O)NCCC1=CCCCC1. The number of fused-ring (bicyclic) bond motifs is 1. The molecule has 120 valence electrons. The first-order valence-electron chi connectivity index (χ1n) is 8.49. The van der Waals surface area contributed by atoms with Crippen LogP contribution >= 0.6 is 11.3 Å². The number of carbonyl (C=O) groups excluding carboxylic acids is 1. The second kappa shape index (κ2) is 7.42. The van der Waals surface area contributed by atoms with E-state index in [1.165, 1.54) is 41.7 Å². The van der Waals surface area contributed by atoms with Crippen LogP contribution in [0.2, 0.25) is 0 Å². The summed E-state index contributed by atoms with van der Waals surface area (Å²) in [5, 5.41) is 5.27. The molecule has 1 atom stereocenters. The zero-order valence-corrected chi connectivity index (χ0v) is 14.3. The van der Waals surface area contributed by atoms with Gasteiger partial charge in [-0.05, 0) is 62.5 Å². The summed E-state index contributed by atoms with van der Waals surface area (Å²) in [6, 6.07) is 2.58. The van der Waals surface area contributed by atoms with E-state index in [1.54, 1.807) is 0 Å². The van der Waals surface area contributed by atoms with Crippen molar-refractivity contribution in [2.75, 3.05) is 19.6 Å². The Balaban J connectivity index is 1.43. The van der Waals surface area contributed by atoms with Gasteiger partial charge in [-0.3, -0.25) is 9.69 Å². The molecule has 0 radical (unpaired) electrons. The maximum Gasteiger partial charge on any atom is 0.234 e. The van der Waals surface area contributed by atoms with Gasteiger partial charge in [0.1, 0.15) is 0 Å². The van der Waals surface area contributed by atoms with E-state index in [0.29, 0.717) is 12.6 Å². The molecule has 1 N–H and O–H groups in total. The maximum atomic E-state index is 12.2. The fraction of sp³-hybridized carbons (Fsp3) is 0.611. The van der Waals surface area contributed by atoms with Crippen molar-refractivity contribution in [3.8, 4) is 0 Å². The molecule has 4 heteroatoms. The van der Waals surface area contributed by atoms with Gasteiger partial charge in [-0.25, -0.2) is 0 Å². The number of thiophene rings is 1. The Kier molecular flexibility index (Phi) is 5.32. The molecule has 0 saturated carbocycles. The molecule has 1 aliphatic heterocycles. The predicted molar refractivity (Wildman–Crippen MR) is 92.2 cm³/mol. The maximum absolute atomic E-state index is 12.2. The van der Waals surface area contributed by atoms with Gasteiger partial charge in [0.25, 0.3) is 0 Å². The molecule has 22 heavy (non-hydrogen) atoms. The van der Waals surface area contributed by atoms with E-state index < -0.39 is 0 Å². The first kappa shape index (κ1) is 15.8. The van der Waals surface area contributed by atoms with Crippen molar-refractivity contribution in [1.29, 1.82) is 0 Å². The number of amides is 1. The summed E-state index contributed by atoms with van der Waals surface area (Å²) in [6.45, 7) is 4.52. The van der Waals surface area contributed by atoms with Gasteiger partial charge in [0, 0.05) is 24.0 Å². The number of nitrogens with one attached hydrogen (secondary N) is 1. The summed E-state index contributed by atoms with van der Waals surface area (Å²) in [5.41, 5.74) is 2.94. The summed E-state index contributed by atoms with van der Waals surface area (Å²) in [6.07, 6.45) is 9.55. The first-order chi connectivity index (χ1) is 10.7. The van der Waals surface area contributed by atoms with E-state index in [1.807, 2.05) is 11.3 Å². The molecule has 0 fully saturated rings. The van der Waals surface area contributed by atoms with Crippen LogP contribution in [0.3, 0.4) is 0 Å². The molecule has 1 amide bonds. The third-order valence-electron chi connectivity index (χ3n) is 4.90. The summed E-state index contributed by atoms with van der Waals surface area (Å²) in [7, 11) is 0. The largest absolute Gasteiger partial charge is 0.355 e. The molecule has 0 unspecified atom stereocenters. The van der Waals surface area contributed by atoms with Crippen LogP contribution in [0.5, 0.6) is 0 Å². The molecule has 2 aliphatic rings. The van der Waals surface area contributed by atoms with Crippen LogP contribution in [0, 0.1) is 0 Å². The number of hydrogen-bond acceptors (Lipinski definition) is 3. The van der Waals surface area contributed by atoms with Crippen molar-refractivity contribution >= 4 is 17.2 Å². The zero-order valence-electron chi connectivity index (χ0n) is 13.4. The summed E-state index contributed by atoms with van der Waals surface area (Å²) in [4.78, 5) is 16.0. The minimum atomic E-state index is 0.168. The van der Waals surface area contributed by atoms with Gasteiger partial charge in [0.05, 0.1) is 6.54 Å². The van der Waals surface area contributed by atoms with E-state index in [-0.39, 0.29) is 5.91 Å². The smallest absolute Gasteiger partial charge is 0.234 e. The van der Waals surface area contributed by atoms with E-state index in [4.69, 9.17) is 0 Å². The quantitative estimate of drug-likeness (QED) is 0.840. The molecule has 2 heterocycles. The lowest BCUT2D eigenvalue weighted by Gasteiger charge is -2.32. The van der Waals surface area contributed by atoms with Crippen LogP contribution in [-0.2, 0) is 11.2 Å². The van der Waals surface area contributed by atoms with Crippen LogP contribution in [0.4, 0.5) is 0 Å². The number of rotatable bonds is 5. The van der Waals surface area contributed by atoms with Crippen molar-refractivity contribution in [1.82, 2.24) is 10.2 Å².